The van der Waals surface area contributed by atoms with Crippen LogP contribution in [0.15, 0.2) is 62.0 Å². The molecule has 0 heterocycles. The van der Waals surface area contributed by atoms with Crippen molar-refractivity contribution >= 4 is 37.0 Å². The predicted molar refractivity (Wildman–Crippen MR) is 76.2 cm³/mol. The second-order valence-corrected chi connectivity index (χ2v) is 5.70. The average Bonchev–Trinajstić information content (AvgIpc) is 2.22. The van der Waals surface area contributed by atoms with Crippen LogP contribution >= 0.6 is 37.0 Å². The Morgan fingerprint density at radius 2 is 1.69 bits per heavy atom. The Kier molecular flexibility index (Phi) is 3.90. The molecular formula is C13H12S3. The molecule has 0 unspecified atom stereocenters. The van der Waals surface area contributed by atoms with Crippen LogP contribution in [0.5, 0.6) is 0 Å². The lowest BCUT2D eigenvalue weighted by atomic mass is 10.2. The summed E-state index contributed by atoms with van der Waals surface area (Å²) in [6, 6.07) is 14.4. The molecule has 0 aliphatic rings. The third-order valence-electron chi connectivity index (χ3n) is 2.20. The van der Waals surface area contributed by atoms with E-state index in [1.165, 1.54) is 15.4 Å². The fraction of sp³-hybridized carbons (Fsp3) is 0.0769. The molecule has 0 saturated carbocycles. The van der Waals surface area contributed by atoms with Gasteiger partial charge < -0.3 is 0 Å². The van der Waals surface area contributed by atoms with Crippen molar-refractivity contribution in [3.63, 3.8) is 0 Å². The molecule has 0 radical (unpaired) electrons. The highest BCUT2D eigenvalue weighted by Gasteiger charge is 2.01. The largest absolute Gasteiger partial charge is 0.143 e. The fourth-order valence-electron chi connectivity index (χ4n) is 1.42. The number of rotatable bonds is 2. The molecule has 0 saturated heterocycles. The van der Waals surface area contributed by atoms with Crippen molar-refractivity contribution in [2.45, 2.75) is 26.5 Å². The average molecular weight is 264 g/mol. The van der Waals surface area contributed by atoms with E-state index in [-0.39, 0.29) is 0 Å². The van der Waals surface area contributed by atoms with Crippen LogP contribution in [0.4, 0.5) is 0 Å². The van der Waals surface area contributed by atoms with Gasteiger partial charge in [0.1, 0.15) is 0 Å². The summed E-state index contributed by atoms with van der Waals surface area (Å²) in [6.45, 7) is 2.10. The number of aryl methyl sites for hydroxylation is 1. The van der Waals surface area contributed by atoms with E-state index < -0.39 is 0 Å². The Morgan fingerprint density at radius 3 is 2.38 bits per heavy atom. The molecule has 0 N–H and O–H groups in total. The third-order valence-corrected chi connectivity index (χ3v) is 3.93. The first-order chi connectivity index (χ1) is 7.65. The van der Waals surface area contributed by atoms with Crippen molar-refractivity contribution in [1.29, 1.82) is 0 Å². The number of thiol groups is 2. The minimum absolute atomic E-state index is 0.994. The van der Waals surface area contributed by atoms with Crippen molar-refractivity contribution in [1.82, 2.24) is 0 Å². The van der Waals surface area contributed by atoms with Gasteiger partial charge in [0.25, 0.3) is 0 Å². The van der Waals surface area contributed by atoms with Crippen LogP contribution in [-0.2, 0) is 0 Å². The molecule has 0 fully saturated rings. The first-order valence-electron chi connectivity index (χ1n) is 4.91. The second-order valence-electron chi connectivity index (χ2n) is 3.55. The molecule has 2 rings (SSSR count). The summed E-state index contributed by atoms with van der Waals surface area (Å²) in [5.74, 6) is 0. The molecule has 0 atom stereocenters. The maximum absolute atomic E-state index is 4.34. The predicted octanol–water partition coefficient (Wildman–Crippen LogP) is 4.72. The Bertz CT molecular complexity index is 506. The first kappa shape index (κ1) is 12.0. The van der Waals surface area contributed by atoms with E-state index in [2.05, 4.69) is 56.4 Å². The quantitative estimate of drug-likeness (QED) is 0.740. The van der Waals surface area contributed by atoms with Gasteiger partial charge in [0.2, 0.25) is 0 Å². The van der Waals surface area contributed by atoms with Gasteiger partial charge in [0, 0.05) is 19.6 Å². The minimum atomic E-state index is 0.994. The Morgan fingerprint density at radius 1 is 0.938 bits per heavy atom. The Hall–Kier alpha value is -0.510. The molecule has 16 heavy (non-hydrogen) atoms. The van der Waals surface area contributed by atoms with Crippen molar-refractivity contribution in [2.75, 3.05) is 0 Å². The van der Waals surface area contributed by atoms with Gasteiger partial charge in [0.05, 0.1) is 0 Å². The van der Waals surface area contributed by atoms with Crippen LogP contribution in [0.1, 0.15) is 5.56 Å². The van der Waals surface area contributed by atoms with E-state index in [0.717, 1.165) is 9.79 Å². The molecule has 0 bridgehead atoms. The Balaban J connectivity index is 2.27. The lowest BCUT2D eigenvalue weighted by Gasteiger charge is -2.06. The molecule has 0 spiro atoms. The van der Waals surface area contributed by atoms with E-state index in [1.54, 1.807) is 11.8 Å². The molecule has 0 nitrogen and oxygen atoms in total. The zero-order valence-electron chi connectivity index (χ0n) is 8.84. The minimum Gasteiger partial charge on any atom is -0.143 e. The van der Waals surface area contributed by atoms with E-state index in [1.807, 2.05) is 18.2 Å². The highest BCUT2D eigenvalue weighted by Crippen LogP contribution is 2.32. The number of hydrogen-bond donors (Lipinski definition) is 2. The summed E-state index contributed by atoms with van der Waals surface area (Å²) >= 11 is 10.4. The molecule has 0 aromatic heterocycles. The van der Waals surface area contributed by atoms with Gasteiger partial charge in [-0.1, -0.05) is 17.8 Å². The fourth-order valence-corrected chi connectivity index (χ4v) is 2.95. The molecule has 3 heteroatoms. The standard InChI is InChI=1S/C13H12S3/c1-9-7-11(15)5-6-13(9)16-12-4-2-3-10(14)8-12/h2-8,14-15H,1H3. The summed E-state index contributed by atoms with van der Waals surface area (Å²) in [4.78, 5) is 4.47. The second kappa shape index (κ2) is 5.21. The molecule has 2 aromatic carbocycles. The number of hydrogen-bond acceptors (Lipinski definition) is 3. The van der Waals surface area contributed by atoms with E-state index in [0.29, 0.717) is 0 Å². The van der Waals surface area contributed by atoms with Crippen molar-refractivity contribution in [2.24, 2.45) is 0 Å². The maximum atomic E-state index is 4.34. The van der Waals surface area contributed by atoms with Crippen LogP contribution < -0.4 is 0 Å². The molecule has 2 aromatic rings. The zero-order chi connectivity index (χ0) is 11.5. The Labute approximate surface area is 111 Å². The van der Waals surface area contributed by atoms with Crippen molar-refractivity contribution in [3.05, 3.63) is 48.0 Å². The van der Waals surface area contributed by atoms with Crippen LogP contribution in [0.2, 0.25) is 0 Å². The summed E-state index contributed by atoms with van der Waals surface area (Å²) < 4.78 is 0. The normalized spacial score (nSPS) is 10.4. The third kappa shape index (κ3) is 3.00. The first-order valence-corrected chi connectivity index (χ1v) is 6.63. The van der Waals surface area contributed by atoms with E-state index >= 15 is 0 Å². The van der Waals surface area contributed by atoms with Gasteiger partial charge in [-0.05, 0) is 48.9 Å². The van der Waals surface area contributed by atoms with Gasteiger partial charge in [-0.3, -0.25) is 0 Å². The van der Waals surface area contributed by atoms with Crippen LogP contribution in [0.3, 0.4) is 0 Å². The zero-order valence-corrected chi connectivity index (χ0v) is 11.4. The van der Waals surface area contributed by atoms with Gasteiger partial charge in [-0.2, -0.15) is 0 Å². The number of benzene rings is 2. The van der Waals surface area contributed by atoms with Gasteiger partial charge in [0.15, 0.2) is 0 Å². The summed E-state index contributed by atoms with van der Waals surface area (Å²) in [5.41, 5.74) is 1.25. The smallest absolute Gasteiger partial charge is 0.0152 e. The van der Waals surface area contributed by atoms with Gasteiger partial charge in [-0.25, -0.2) is 0 Å². The lowest BCUT2D eigenvalue weighted by molar-refractivity contribution is 1.23. The SMILES string of the molecule is Cc1cc(S)ccc1Sc1cccc(S)c1. The van der Waals surface area contributed by atoms with Crippen molar-refractivity contribution in [3.8, 4) is 0 Å². The molecule has 82 valence electrons. The summed E-state index contributed by atoms with van der Waals surface area (Å²) in [7, 11) is 0. The summed E-state index contributed by atoms with van der Waals surface area (Å²) in [5, 5.41) is 0. The highest BCUT2D eigenvalue weighted by molar-refractivity contribution is 7.99. The molecule has 0 aliphatic heterocycles. The molecular weight excluding hydrogens is 252 g/mol. The lowest BCUT2D eigenvalue weighted by Crippen LogP contribution is -1.80. The molecule has 0 amide bonds. The maximum Gasteiger partial charge on any atom is 0.0152 e. The van der Waals surface area contributed by atoms with Crippen LogP contribution in [0, 0.1) is 6.92 Å². The van der Waals surface area contributed by atoms with E-state index in [9.17, 15) is 0 Å². The topological polar surface area (TPSA) is 0 Å². The highest BCUT2D eigenvalue weighted by atomic mass is 32.2. The van der Waals surface area contributed by atoms with Crippen LogP contribution in [0.25, 0.3) is 0 Å². The van der Waals surface area contributed by atoms with E-state index in [4.69, 9.17) is 0 Å². The van der Waals surface area contributed by atoms with Crippen LogP contribution in [-0.4, -0.2) is 0 Å². The van der Waals surface area contributed by atoms with Gasteiger partial charge >= 0.3 is 0 Å². The van der Waals surface area contributed by atoms with Crippen molar-refractivity contribution < 1.29 is 0 Å². The summed E-state index contributed by atoms with van der Waals surface area (Å²) in [6.07, 6.45) is 0. The monoisotopic (exact) mass is 264 g/mol. The molecule has 0 aliphatic carbocycles. The van der Waals surface area contributed by atoms with Gasteiger partial charge in [-0.15, -0.1) is 25.3 Å².